The van der Waals surface area contributed by atoms with E-state index in [2.05, 4.69) is 11.1 Å². The lowest BCUT2D eigenvalue weighted by molar-refractivity contribution is -0.112. The highest BCUT2D eigenvalue weighted by Gasteiger charge is 2.17. The molecule has 2 heterocycles. The number of nitriles is 2. The number of pyridine rings is 1. The Bertz CT molecular complexity index is 1160. The van der Waals surface area contributed by atoms with Gasteiger partial charge in [0.15, 0.2) is 11.4 Å². The Hall–Kier alpha value is -3.29. The van der Waals surface area contributed by atoms with Gasteiger partial charge in [0.25, 0.3) is 0 Å². The molecule has 128 valence electrons. The minimum Gasteiger partial charge on any atom is -0.401 e. The summed E-state index contributed by atoms with van der Waals surface area (Å²) in [5, 5.41) is 19.4. The van der Waals surface area contributed by atoms with E-state index >= 15 is 0 Å². The van der Waals surface area contributed by atoms with Crippen LogP contribution in [0.5, 0.6) is 0 Å². The smallest absolute Gasteiger partial charge is 0.185 e. The Morgan fingerprint density at radius 2 is 2.08 bits per heavy atom. The SMILES string of the molecule is C/C(N)=C(/C#N)C(=O)CSc1cc(C)c(C#N)c2nc3ccccc3n12. The van der Waals surface area contributed by atoms with Crippen molar-refractivity contribution in [3.8, 4) is 12.1 Å². The van der Waals surface area contributed by atoms with Crippen LogP contribution in [0.25, 0.3) is 16.7 Å². The monoisotopic (exact) mass is 361 g/mol. The van der Waals surface area contributed by atoms with Crippen molar-refractivity contribution in [3.63, 3.8) is 0 Å². The van der Waals surface area contributed by atoms with Crippen molar-refractivity contribution in [3.05, 3.63) is 52.7 Å². The largest absolute Gasteiger partial charge is 0.401 e. The maximum absolute atomic E-state index is 12.3. The van der Waals surface area contributed by atoms with Gasteiger partial charge in [-0.05, 0) is 37.6 Å². The summed E-state index contributed by atoms with van der Waals surface area (Å²) in [5.41, 5.74) is 9.30. The van der Waals surface area contributed by atoms with Crippen molar-refractivity contribution < 1.29 is 4.79 Å². The molecule has 1 aromatic carbocycles. The van der Waals surface area contributed by atoms with Gasteiger partial charge in [-0.25, -0.2) is 4.98 Å². The fraction of sp³-hybridized carbons (Fsp3) is 0.158. The van der Waals surface area contributed by atoms with E-state index in [1.807, 2.05) is 47.7 Å². The number of thioether (sulfide) groups is 1. The molecule has 3 aromatic rings. The van der Waals surface area contributed by atoms with E-state index in [1.54, 1.807) is 0 Å². The number of allylic oxidation sites excluding steroid dienone is 2. The number of aromatic nitrogens is 2. The minimum absolute atomic E-state index is 0.0189. The number of hydrogen-bond donors (Lipinski definition) is 1. The van der Waals surface area contributed by atoms with Gasteiger partial charge < -0.3 is 5.73 Å². The van der Waals surface area contributed by atoms with Gasteiger partial charge in [-0.1, -0.05) is 23.9 Å². The molecule has 0 spiro atoms. The van der Waals surface area contributed by atoms with Crippen LogP contribution >= 0.6 is 11.8 Å². The van der Waals surface area contributed by atoms with Crippen molar-refractivity contribution in [2.45, 2.75) is 18.9 Å². The normalized spacial score (nSPS) is 11.8. The van der Waals surface area contributed by atoms with Crippen molar-refractivity contribution in [1.29, 1.82) is 10.5 Å². The molecular weight excluding hydrogens is 346 g/mol. The predicted octanol–water partition coefficient (Wildman–Crippen LogP) is 3.09. The number of rotatable bonds is 4. The second-order valence-corrected chi connectivity index (χ2v) is 6.79. The molecule has 7 heteroatoms. The topological polar surface area (TPSA) is 108 Å². The van der Waals surface area contributed by atoms with Crippen LogP contribution in [0.15, 0.2) is 46.6 Å². The van der Waals surface area contributed by atoms with Gasteiger partial charge in [-0.15, -0.1) is 0 Å². The van der Waals surface area contributed by atoms with Crippen LogP contribution in [0.2, 0.25) is 0 Å². The summed E-state index contributed by atoms with van der Waals surface area (Å²) in [4.78, 5) is 16.9. The summed E-state index contributed by atoms with van der Waals surface area (Å²) in [6, 6.07) is 13.5. The van der Waals surface area contributed by atoms with Crippen molar-refractivity contribution in [1.82, 2.24) is 9.38 Å². The highest BCUT2D eigenvalue weighted by molar-refractivity contribution is 8.00. The third-order valence-electron chi connectivity index (χ3n) is 3.99. The third kappa shape index (κ3) is 2.90. The highest BCUT2D eigenvalue weighted by Crippen LogP contribution is 2.29. The van der Waals surface area contributed by atoms with Crippen molar-refractivity contribution in [2.75, 3.05) is 5.75 Å². The molecule has 0 unspecified atom stereocenters. The number of hydrogen-bond acceptors (Lipinski definition) is 6. The molecule has 0 bridgehead atoms. The zero-order chi connectivity index (χ0) is 18.8. The van der Waals surface area contributed by atoms with Crippen LogP contribution in [0, 0.1) is 29.6 Å². The summed E-state index contributed by atoms with van der Waals surface area (Å²) in [7, 11) is 0. The Morgan fingerprint density at radius 1 is 1.35 bits per heavy atom. The van der Waals surface area contributed by atoms with Crippen LogP contribution in [0.1, 0.15) is 18.1 Å². The standard InChI is InChI=1S/C19H15N5OS/c1-11-7-18(26-10-17(25)14(9-21)12(2)22)24-16-6-4-3-5-15(16)23-19(24)13(11)8-20/h3-7H,10,22H2,1-2H3/b14-12+. The summed E-state index contributed by atoms with van der Waals surface area (Å²) >= 11 is 1.30. The second kappa shape index (κ2) is 6.91. The summed E-state index contributed by atoms with van der Waals surface area (Å²) in [6.07, 6.45) is 0. The fourth-order valence-corrected chi connectivity index (χ4v) is 3.74. The first-order valence-electron chi connectivity index (χ1n) is 7.81. The van der Waals surface area contributed by atoms with Crippen LogP contribution in [-0.2, 0) is 4.79 Å². The number of para-hydroxylation sites is 2. The maximum Gasteiger partial charge on any atom is 0.185 e. The Morgan fingerprint density at radius 3 is 2.73 bits per heavy atom. The first-order chi connectivity index (χ1) is 12.5. The first-order valence-corrected chi connectivity index (χ1v) is 8.79. The van der Waals surface area contributed by atoms with E-state index in [1.165, 1.54) is 18.7 Å². The molecular formula is C19H15N5OS. The van der Waals surface area contributed by atoms with Gasteiger partial charge in [0.1, 0.15) is 17.7 Å². The van der Waals surface area contributed by atoms with Crippen LogP contribution < -0.4 is 5.73 Å². The summed E-state index contributed by atoms with van der Waals surface area (Å²) in [6.45, 7) is 3.38. The van der Waals surface area contributed by atoms with E-state index in [0.717, 1.165) is 21.6 Å². The van der Waals surface area contributed by atoms with Gasteiger partial charge in [-0.2, -0.15) is 10.5 Å². The number of imidazole rings is 1. The second-order valence-electron chi connectivity index (χ2n) is 5.79. The molecule has 0 aliphatic rings. The number of aryl methyl sites for hydroxylation is 1. The number of benzene rings is 1. The average Bonchev–Trinajstić information content (AvgIpc) is 2.99. The number of carbonyl (C=O) groups is 1. The van der Waals surface area contributed by atoms with E-state index in [4.69, 9.17) is 11.0 Å². The zero-order valence-corrected chi connectivity index (χ0v) is 15.1. The lowest BCUT2D eigenvalue weighted by Crippen LogP contribution is -2.10. The number of nitrogens with zero attached hydrogens (tertiary/aromatic N) is 4. The van der Waals surface area contributed by atoms with Crippen molar-refractivity contribution in [2.24, 2.45) is 5.73 Å². The van der Waals surface area contributed by atoms with Crippen LogP contribution in [0.3, 0.4) is 0 Å². The maximum atomic E-state index is 12.3. The molecule has 0 aliphatic carbocycles. The Balaban J connectivity index is 2.12. The minimum atomic E-state index is -0.322. The van der Waals surface area contributed by atoms with Gasteiger partial charge in [0, 0.05) is 5.70 Å². The molecule has 0 saturated heterocycles. The van der Waals surface area contributed by atoms with Crippen LogP contribution in [0.4, 0.5) is 0 Å². The van der Waals surface area contributed by atoms with Gasteiger partial charge >= 0.3 is 0 Å². The van der Waals surface area contributed by atoms with E-state index in [-0.39, 0.29) is 22.8 Å². The van der Waals surface area contributed by atoms with E-state index in [0.29, 0.717) is 11.2 Å². The molecule has 6 nitrogen and oxygen atoms in total. The number of ketones is 1. The Labute approximate surface area is 154 Å². The van der Waals surface area contributed by atoms with E-state index < -0.39 is 0 Å². The molecule has 26 heavy (non-hydrogen) atoms. The molecule has 2 N–H and O–H groups in total. The van der Waals surface area contributed by atoms with E-state index in [9.17, 15) is 10.1 Å². The fourth-order valence-electron chi connectivity index (χ4n) is 2.74. The zero-order valence-electron chi connectivity index (χ0n) is 14.3. The number of Topliss-reactive ketones (excluding diaryl/α,β-unsaturated/α-hetero) is 1. The average molecular weight is 361 g/mol. The van der Waals surface area contributed by atoms with Crippen molar-refractivity contribution >= 4 is 34.2 Å². The quantitative estimate of drug-likeness (QED) is 0.434. The molecule has 0 atom stereocenters. The highest BCUT2D eigenvalue weighted by atomic mass is 32.2. The number of carbonyl (C=O) groups excluding carboxylic acids is 1. The van der Waals surface area contributed by atoms with Crippen LogP contribution in [-0.4, -0.2) is 20.9 Å². The summed E-state index contributed by atoms with van der Waals surface area (Å²) in [5.74, 6) is -0.248. The molecule has 0 aliphatic heterocycles. The summed E-state index contributed by atoms with van der Waals surface area (Å²) < 4.78 is 1.88. The first kappa shape index (κ1) is 17.5. The number of nitrogens with two attached hydrogens (primary N) is 1. The molecule has 0 fully saturated rings. The van der Waals surface area contributed by atoms with Gasteiger partial charge in [0.2, 0.25) is 0 Å². The lowest BCUT2D eigenvalue weighted by Gasteiger charge is -2.09. The predicted molar refractivity (Wildman–Crippen MR) is 100 cm³/mol. The van der Waals surface area contributed by atoms with Gasteiger partial charge in [-0.3, -0.25) is 9.20 Å². The molecule has 0 amide bonds. The molecule has 3 rings (SSSR count). The molecule has 0 saturated carbocycles. The Kier molecular flexibility index (Phi) is 4.66. The molecule has 0 radical (unpaired) electrons. The third-order valence-corrected chi connectivity index (χ3v) is 4.99. The number of fused-ring (bicyclic) bond motifs is 3. The molecule has 2 aromatic heterocycles. The lowest BCUT2D eigenvalue weighted by atomic mass is 10.2. The van der Waals surface area contributed by atoms with Gasteiger partial charge in [0.05, 0.1) is 27.4 Å².